The van der Waals surface area contributed by atoms with E-state index < -0.39 is 0 Å². The molecule has 0 unspecified atom stereocenters. The summed E-state index contributed by atoms with van der Waals surface area (Å²) in [6.45, 7) is 6.04. The van der Waals surface area contributed by atoms with Crippen LogP contribution in [0.2, 0.25) is 0 Å². The summed E-state index contributed by atoms with van der Waals surface area (Å²) in [5, 5.41) is 9.97. The largest absolute Gasteiger partial charge is 0.343 e. The molecule has 29 heavy (non-hydrogen) atoms. The van der Waals surface area contributed by atoms with E-state index in [9.17, 15) is 4.79 Å². The molecule has 0 bridgehead atoms. The van der Waals surface area contributed by atoms with Crippen LogP contribution in [0.4, 0.5) is 27.7 Å². The lowest BCUT2D eigenvalue weighted by molar-refractivity contribution is 0.262. The van der Waals surface area contributed by atoms with E-state index in [1.54, 1.807) is 0 Å². The molecule has 0 fully saturated rings. The lowest BCUT2D eigenvalue weighted by Crippen LogP contribution is -2.19. The predicted octanol–water partition coefficient (Wildman–Crippen LogP) is 5.27. The number of benzene rings is 2. The van der Waals surface area contributed by atoms with Crippen LogP contribution in [-0.4, -0.2) is 21.0 Å². The molecule has 0 saturated carbocycles. The zero-order valence-corrected chi connectivity index (χ0v) is 16.5. The van der Waals surface area contributed by atoms with Crippen molar-refractivity contribution in [2.45, 2.75) is 20.8 Å². The number of amides is 2. The fraction of sp³-hybridized carbons (Fsp3) is 0.136. The number of hydrogen-bond acceptors (Lipinski definition) is 4. The maximum absolute atomic E-state index is 12.2. The number of carbonyl (C=O) groups is 1. The SMILES string of the molecule is Cc1cccc(NC(=O)Nc2ccc(Nc3ncnc4[nH]c(C)c(C)c34)cc2)c1. The van der Waals surface area contributed by atoms with Gasteiger partial charge < -0.3 is 20.9 Å². The lowest BCUT2D eigenvalue weighted by atomic mass is 10.2. The van der Waals surface area contributed by atoms with Crippen LogP contribution in [0.3, 0.4) is 0 Å². The van der Waals surface area contributed by atoms with Crippen LogP contribution in [0.1, 0.15) is 16.8 Å². The quantitative estimate of drug-likeness (QED) is 0.384. The number of hydrogen-bond donors (Lipinski definition) is 4. The Balaban J connectivity index is 1.45. The second-order valence-corrected chi connectivity index (χ2v) is 6.97. The van der Waals surface area contributed by atoms with Crippen molar-refractivity contribution in [1.82, 2.24) is 15.0 Å². The van der Waals surface area contributed by atoms with Gasteiger partial charge in [-0.15, -0.1) is 0 Å². The first-order valence-corrected chi connectivity index (χ1v) is 9.31. The normalized spacial score (nSPS) is 10.7. The molecule has 2 amide bonds. The molecule has 0 aliphatic rings. The maximum atomic E-state index is 12.2. The number of nitrogens with one attached hydrogen (secondary N) is 4. The van der Waals surface area contributed by atoms with Gasteiger partial charge in [-0.2, -0.15) is 0 Å². The number of H-pyrrole nitrogens is 1. The Morgan fingerprint density at radius 1 is 0.897 bits per heavy atom. The third kappa shape index (κ3) is 4.03. The molecule has 2 aromatic heterocycles. The van der Waals surface area contributed by atoms with E-state index >= 15 is 0 Å². The van der Waals surface area contributed by atoms with Gasteiger partial charge in [0.1, 0.15) is 17.8 Å². The van der Waals surface area contributed by atoms with Gasteiger partial charge in [0, 0.05) is 22.8 Å². The molecule has 0 saturated heterocycles. The summed E-state index contributed by atoms with van der Waals surface area (Å²) in [7, 11) is 0. The molecule has 0 aliphatic heterocycles. The van der Waals surface area contributed by atoms with Gasteiger partial charge in [0.15, 0.2) is 0 Å². The van der Waals surface area contributed by atoms with E-state index in [4.69, 9.17) is 0 Å². The predicted molar refractivity (Wildman–Crippen MR) is 117 cm³/mol. The Morgan fingerprint density at radius 3 is 2.38 bits per heavy atom. The molecule has 4 aromatic rings. The molecule has 0 radical (unpaired) electrons. The molecule has 7 heteroatoms. The average Bonchev–Trinajstić information content (AvgIpc) is 2.98. The molecule has 2 heterocycles. The third-order valence-electron chi connectivity index (χ3n) is 4.77. The van der Waals surface area contributed by atoms with Crippen molar-refractivity contribution in [3.8, 4) is 0 Å². The number of carbonyl (C=O) groups excluding carboxylic acids is 1. The van der Waals surface area contributed by atoms with Gasteiger partial charge in [-0.3, -0.25) is 0 Å². The van der Waals surface area contributed by atoms with Crippen LogP contribution < -0.4 is 16.0 Å². The minimum Gasteiger partial charge on any atom is -0.343 e. The molecular weight excluding hydrogens is 364 g/mol. The van der Waals surface area contributed by atoms with Crippen LogP contribution in [0.25, 0.3) is 11.0 Å². The Labute approximate surface area is 168 Å². The van der Waals surface area contributed by atoms with E-state index in [1.807, 2.05) is 69.3 Å². The first kappa shape index (κ1) is 18.5. The van der Waals surface area contributed by atoms with Gasteiger partial charge in [-0.1, -0.05) is 12.1 Å². The summed E-state index contributed by atoms with van der Waals surface area (Å²) in [6, 6.07) is 14.8. The van der Waals surface area contributed by atoms with Gasteiger partial charge in [0.05, 0.1) is 5.39 Å². The Hall–Kier alpha value is -3.87. The maximum Gasteiger partial charge on any atom is 0.323 e. The topological polar surface area (TPSA) is 94.7 Å². The molecule has 7 nitrogen and oxygen atoms in total. The van der Waals surface area contributed by atoms with Gasteiger partial charge in [0.2, 0.25) is 0 Å². The van der Waals surface area contributed by atoms with E-state index in [1.165, 1.54) is 6.33 Å². The highest BCUT2D eigenvalue weighted by molar-refractivity contribution is 6.00. The highest BCUT2D eigenvalue weighted by atomic mass is 16.2. The van der Waals surface area contributed by atoms with Gasteiger partial charge >= 0.3 is 6.03 Å². The molecule has 0 atom stereocenters. The summed E-state index contributed by atoms with van der Waals surface area (Å²) in [6.07, 6.45) is 1.53. The molecule has 0 spiro atoms. The van der Waals surface area contributed by atoms with Crippen LogP contribution in [0, 0.1) is 20.8 Å². The van der Waals surface area contributed by atoms with Crippen molar-refractivity contribution in [2.24, 2.45) is 0 Å². The summed E-state index contributed by atoms with van der Waals surface area (Å²) in [4.78, 5) is 24.1. The van der Waals surface area contributed by atoms with Crippen molar-refractivity contribution in [3.63, 3.8) is 0 Å². The minimum absolute atomic E-state index is 0.285. The van der Waals surface area contributed by atoms with Gasteiger partial charge in [-0.05, 0) is 68.3 Å². The van der Waals surface area contributed by atoms with Crippen molar-refractivity contribution in [3.05, 3.63) is 71.7 Å². The third-order valence-corrected chi connectivity index (χ3v) is 4.77. The first-order valence-electron chi connectivity index (χ1n) is 9.31. The van der Waals surface area contributed by atoms with Crippen molar-refractivity contribution >= 4 is 39.9 Å². The van der Waals surface area contributed by atoms with Crippen LogP contribution in [0.5, 0.6) is 0 Å². The number of aromatic nitrogens is 3. The molecule has 2 aromatic carbocycles. The highest BCUT2D eigenvalue weighted by Crippen LogP contribution is 2.28. The number of anilines is 4. The van der Waals surface area contributed by atoms with Crippen LogP contribution >= 0.6 is 0 Å². The zero-order valence-electron chi connectivity index (χ0n) is 16.5. The van der Waals surface area contributed by atoms with E-state index in [0.29, 0.717) is 5.69 Å². The first-order chi connectivity index (χ1) is 14.0. The molecule has 4 N–H and O–H groups in total. The molecule has 146 valence electrons. The van der Waals surface area contributed by atoms with E-state index in [2.05, 4.69) is 30.9 Å². The fourth-order valence-corrected chi connectivity index (χ4v) is 3.18. The number of urea groups is 1. The lowest BCUT2D eigenvalue weighted by Gasteiger charge is -2.10. The zero-order chi connectivity index (χ0) is 20.4. The van der Waals surface area contributed by atoms with Crippen LogP contribution in [-0.2, 0) is 0 Å². The standard InChI is InChI=1S/C22H22N6O/c1-13-5-4-6-18(11-13)28-22(29)27-17-9-7-16(8-10-17)26-21-19-14(2)15(3)25-20(19)23-12-24-21/h4-12H,1-3H3,(H2,27,28,29)(H2,23,24,25,26). The molecule has 4 rings (SSSR count). The number of fused-ring (bicyclic) bond motifs is 1. The monoisotopic (exact) mass is 386 g/mol. The fourth-order valence-electron chi connectivity index (χ4n) is 3.18. The number of rotatable bonds is 4. The number of aryl methyl sites for hydroxylation is 3. The summed E-state index contributed by atoms with van der Waals surface area (Å²) < 4.78 is 0. The molecular formula is C22H22N6O. The minimum atomic E-state index is -0.285. The summed E-state index contributed by atoms with van der Waals surface area (Å²) in [5.74, 6) is 0.745. The number of nitrogens with zero attached hydrogens (tertiary/aromatic N) is 2. The van der Waals surface area contributed by atoms with Crippen LogP contribution in [0.15, 0.2) is 54.9 Å². The van der Waals surface area contributed by atoms with Gasteiger partial charge in [-0.25, -0.2) is 14.8 Å². The van der Waals surface area contributed by atoms with Crippen molar-refractivity contribution < 1.29 is 4.79 Å². The molecule has 0 aliphatic carbocycles. The average molecular weight is 386 g/mol. The van der Waals surface area contributed by atoms with E-state index in [-0.39, 0.29) is 6.03 Å². The van der Waals surface area contributed by atoms with Gasteiger partial charge in [0.25, 0.3) is 0 Å². The summed E-state index contributed by atoms with van der Waals surface area (Å²) in [5.41, 5.74) is 6.41. The summed E-state index contributed by atoms with van der Waals surface area (Å²) >= 11 is 0. The van der Waals surface area contributed by atoms with Crippen molar-refractivity contribution in [2.75, 3.05) is 16.0 Å². The van der Waals surface area contributed by atoms with Crippen molar-refractivity contribution in [1.29, 1.82) is 0 Å². The smallest absolute Gasteiger partial charge is 0.323 e. The second-order valence-electron chi connectivity index (χ2n) is 6.97. The number of aromatic amines is 1. The Kier molecular flexibility index (Phi) is 4.87. The highest BCUT2D eigenvalue weighted by Gasteiger charge is 2.11. The second kappa shape index (κ2) is 7.63. The Bertz CT molecular complexity index is 1180. The van der Waals surface area contributed by atoms with E-state index in [0.717, 1.165) is 45.0 Å². The Morgan fingerprint density at radius 2 is 1.62 bits per heavy atom.